The zero-order chi connectivity index (χ0) is 36.6. The number of unbranched alkanes of at least 4 members (excludes halogenated alkanes) is 1. The first-order valence-electron chi connectivity index (χ1n) is 19.3. The first-order valence-corrected chi connectivity index (χ1v) is 19.3. The molecule has 7 aromatic carbocycles. The Hall–Kier alpha value is -6.00. The van der Waals surface area contributed by atoms with Crippen LogP contribution in [0.2, 0.25) is 0 Å². The lowest BCUT2D eigenvalue weighted by Gasteiger charge is -2.42. The number of aryl methyl sites for hydroxylation is 1. The topological polar surface area (TPSA) is 25.6 Å². The molecule has 0 bridgehead atoms. The Bertz CT molecular complexity index is 2720. The smallest absolute Gasteiger partial charge is 0.256 e. The van der Waals surface area contributed by atoms with Crippen LogP contribution < -0.4 is 26.0 Å². The maximum atomic E-state index is 7.03. The minimum atomic E-state index is -0.0965. The maximum absolute atomic E-state index is 7.03. The molecule has 2 aliphatic rings. The predicted octanol–water partition coefficient (Wildman–Crippen LogP) is 12.0. The summed E-state index contributed by atoms with van der Waals surface area (Å²) in [5.74, 6) is 1.86. The molecule has 0 aliphatic carbocycles. The van der Waals surface area contributed by atoms with E-state index in [2.05, 4.69) is 178 Å². The second kappa shape index (κ2) is 12.6. The Labute approximate surface area is 317 Å². The van der Waals surface area contributed by atoms with Crippen LogP contribution in [0.5, 0.6) is 11.5 Å². The number of furan rings is 1. The zero-order valence-electron chi connectivity index (χ0n) is 31.3. The molecule has 0 radical (unpaired) electrons. The highest BCUT2D eigenvalue weighted by molar-refractivity contribution is 6.99. The monoisotopic (exact) mass is 699 g/mol. The summed E-state index contributed by atoms with van der Waals surface area (Å²) in [5, 5.41) is 2.28. The summed E-state index contributed by atoms with van der Waals surface area (Å²) >= 11 is 0. The lowest BCUT2D eigenvalue weighted by molar-refractivity contribution is 0.483. The number of benzene rings is 7. The van der Waals surface area contributed by atoms with Crippen molar-refractivity contribution in [1.29, 1.82) is 0 Å². The molecule has 0 unspecified atom stereocenters. The van der Waals surface area contributed by atoms with Gasteiger partial charge in [-0.25, -0.2) is 0 Å². The van der Waals surface area contributed by atoms with E-state index >= 15 is 0 Å². The number of para-hydroxylation sites is 1. The van der Waals surface area contributed by atoms with Crippen LogP contribution in [0.15, 0.2) is 150 Å². The van der Waals surface area contributed by atoms with E-state index < -0.39 is 0 Å². The molecule has 4 heteroatoms. The Balaban J connectivity index is 1.30. The molecule has 8 aromatic rings. The average Bonchev–Trinajstić information content (AvgIpc) is 3.57. The van der Waals surface area contributed by atoms with Crippen LogP contribution in [0, 0.1) is 0 Å². The highest BCUT2D eigenvalue weighted by Gasteiger charge is 2.43. The molecule has 262 valence electrons. The third kappa shape index (κ3) is 5.27. The first kappa shape index (κ1) is 32.6. The van der Waals surface area contributed by atoms with Gasteiger partial charge in [0.05, 0.1) is 5.69 Å². The van der Waals surface area contributed by atoms with Gasteiger partial charge in [-0.2, -0.15) is 0 Å². The molecule has 1 aromatic heterocycles. The third-order valence-electron chi connectivity index (χ3n) is 11.5. The Morgan fingerprint density at radius 2 is 1.24 bits per heavy atom. The van der Waals surface area contributed by atoms with Crippen LogP contribution in [0.3, 0.4) is 0 Å². The van der Waals surface area contributed by atoms with Crippen molar-refractivity contribution >= 4 is 62.1 Å². The lowest BCUT2D eigenvalue weighted by Crippen LogP contribution is -2.59. The van der Waals surface area contributed by atoms with Crippen LogP contribution in [-0.2, 0) is 11.8 Å². The second-order valence-corrected chi connectivity index (χ2v) is 16.0. The summed E-state index contributed by atoms with van der Waals surface area (Å²) in [6, 6.07) is 53.2. The van der Waals surface area contributed by atoms with E-state index in [1.165, 1.54) is 66.8 Å². The summed E-state index contributed by atoms with van der Waals surface area (Å²) in [6.45, 7) is 9.14. The van der Waals surface area contributed by atoms with E-state index in [1.54, 1.807) is 0 Å². The fourth-order valence-electron chi connectivity index (χ4n) is 8.65. The first-order chi connectivity index (χ1) is 26.4. The van der Waals surface area contributed by atoms with Gasteiger partial charge in [0.25, 0.3) is 6.71 Å². The van der Waals surface area contributed by atoms with E-state index in [4.69, 9.17) is 9.15 Å². The van der Waals surface area contributed by atoms with Gasteiger partial charge in [-0.05, 0) is 110 Å². The van der Waals surface area contributed by atoms with Crippen molar-refractivity contribution in [3.8, 4) is 33.8 Å². The minimum Gasteiger partial charge on any atom is -0.458 e. The van der Waals surface area contributed by atoms with E-state index in [0.29, 0.717) is 0 Å². The van der Waals surface area contributed by atoms with Gasteiger partial charge in [-0.3, -0.25) is 0 Å². The highest BCUT2D eigenvalue weighted by atomic mass is 16.5. The molecule has 0 amide bonds. The van der Waals surface area contributed by atoms with Gasteiger partial charge < -0.3 is 14.1 Å². The van der Waals surface area contributed by atoms with Crippen LogP contribution in [0.1, 0.15) is 51.7 Å². The summed E-state index contributed by atoms with van der Waals surface area (Å²) in [6.07, 6.45) is 3.16. The SMILES string of the molecule is CCCCc1cc2oc3ccccc3c2cc1N1c2ccc(-c3ccccc3)cc2B2c3cc(-c4ccccc4)ccc3Oc3cc(C(C)(C)C)cc1c32. The van der Waals surface area contributed by atoms with Crippen LogP contribution in [0.25, 0.3) is 44.2 Å². The molecule has 0 spiro atoms. The van der Waals surface area contributed by atoms with Crippen LogP contribution in [0.4, 0.5) is 17.1 Å². The van der Waals surface area contributed by atoms with Gasteiger partial charge in [0, 0.05) is 22.1 Å². The normalized spacial score (nSPS) is 13.1. The van der Waals surface area contributed by atoms with Crippen molar-refractivity contribution in [3.63, 3.8) is 0 Å². The van der Waals surface area contributed by atoms with Gasteiger partial charge in [0.2, 0.25) is 0 Å². The number of hydrogen-bond acceptors (Lipinski definition) is 3. The molecule has 0 saturated heterocycles. The van der Waals surface area contributed by atoms with Gasteiger partial charge in [-0.15, -0.1) is 0 Å². The Morgan fingerprint density at radius 3 is 1.96 bits per heavy atom. The van der Waals surface area contributed by atoms with E-state index in [0.717, 1.165) is 52.7 Å². The lowest BCUT2D eigenvalue weighted by atomic mass is 9.34. The zero-order valence-corrected chi connectivity index (χ0v) is 31.3. The van der Waals surface area contributed by atoms with Crippen molar-refractivity contribution in [3.05, 3.63) is 157 Å². The molecule has 0 saturated carbocycles. The molecular weight excluding hydrogens is 657 g/mol. The van der Waals surface area contributed by atoms with E-state index in [9.17, 15) is 0 Å². The fraction of sp³-hybridized carbons (Fsp3) is 0.160. The van der Waals surface area contributed by atoms with Crippen molar-refractivity contribution < 1.29 is 9.15 Å². The molecular formula is C50H42BNO2. The van der Waals surface area contributed by atoms with Crippen molar-refractivity contribution in [2.24, 2.45) is 0 Å². The van der Waals surface area contributed by atoms with Gasteiger partial charge in [0.1, 0.15) is 22.7 Å². The van der Waals surface area contributed by atoms with E-state index in [1.807, 2.05) is 0 Å². The Morgan fingerprint density at radius 1 is 0.556 bits per heavy atom. The van der Waals surface area contributed by atoms with Crippen molar-refractivity contribution in [2.75, 3.05) is 4.90 Å². The standard InChI is InChI=1S/C50H42BNO2/c1-5-6-15-36-28-47-39(38-20-13-14-21-45(38)53-47)31-43(36)52-42-24-22-34(32-16-9-7-10-17-32)26-40(42)51-41-27-35(33-18-11-8-12-19-33)23-25-46(41)54-48-30-37(50(2,3)4)29-44(52)49(48)51/h7-14,16-31H,5-6,15H2,1-4H3. The van der Waals surface area contributed by atoms with Gasteiger partial charge in [-0.1, -0.05) is 137 Å². The molecule has 0 N–H and O–H groups in total. The number of nitrogens with zero attached hydrogens (tertiary/aromatic N) is 1. The third-order valence-corrected chi connectivity index (χ3v) is 11.5. The molecule has 0 fully saturated rings. The van der Waals surface area contributed by atoms with Crippen molar-refractivity contribution in [1.82, 2.24) is 0 Å². The maximum Gasteiger partial charge on any atom is 0.256 e. The molecule has 54 heavy (non-hydrogen) atoms. The molecule has 3 heterocycles. The van der Waals surface area contributed by atoms with Crippen LogP contribution in [-0.4, -0.2) is 6.71 Å². The summed E-state index contributed by atoms with van der Waals surface area (Å²) in [4.78, 5) is 2.55. The summed E-state index contributed by atoms with van der Waals surface area (Å²) in [5.41, 5.74) is 16.4. The van der Waals surface area contributed by atoms with Crippen LogP contribution >= 0.6 is 0 Å². The highest BCUT2D eigenvalue weighted by Crippen LogP contribution is 2.47. The van der Waals surface area contributed by atoms with Gasteiger partial charge >= 0.3 is 0 Å². The summed E-state index contributed by atoms with van der Waals surface area (Å²) in [7, 11) is 0. The number of ether oxygens (including phenoxy) is 1. The number of anilines is 3. The van der Waals surface area contributed by atoms with E-state index in [-0.39, 0.29) is 12.1 Å². The molecule has 3 nitrogen and oxygen atoms in total. The molecule has 10 rings (SSSR count). The van der Waals surface area contributed by atoms with Gasteiger partial charge in [0.15, 0.2) is 0 Å². The van der Waals surface area contributed by atoms with Crippen molar-refractivity contribution in [2.45, 2.75) is 52.4 Å². The fourth-order valence-corrected chi connectivity index (χ4v) is 8.65. The quantitative estimate of drug-likeness (QED) is 0.162. The average molecular weight is 700 g/mol. The summed E-state index contributed by atoms with van der Waals surface area (Å²) < 4.78 is 13.5. The molecule has 0 atom stereocenters. The number of hydrogen-bond donors (Lipinski definition) is 0. The number of fused-ring (bicyclic) bond motifs is 7. The predicted molar refractivity (Wildman–Crippen MR) is 228 cm³/mol. The largest absolute Gasteiger partial charge is 0.458 e. The number of rotatable bonds is 6. The second-order valence-electron chi connectivity index (χ2n) is 16.0. The Kier molecular flexibility index (Phi) is 7.59. The minimum absolute atomic E-state index is 0.0241. The molecule has 2 aliphatic heterocycles.